The quantitative estimate of drug-likeness (QED) is 0.906. The van der Waals surface area contributed by atoms with Gasteiger partial charge in [-0.1, -0.05) is 18.9 Å². The molecule has 1 N–H and O–H groups in total. The average Bonchev–Trinajstić information content (AvgIpc) is 2.80. The number of likely N-dealkylation sites (tertiary alicyclic amines) is 1. The molecule has 3 rings (SSSR count). The molecule has 0 aromatic heterocycles. The van der Waals surface area contributed by atoms with Crippen LogP contribution < -0.4 is 0 Å². The van der Waals surface area contributed by atoms with Gasteiger partial charge in [0.15, 0.2) is 0 Å². The molecular weight excluding hydrogens is 270 g/mol. The van der Waals surface area contributed by atoms with Gasteiger partial charge in [-0.15, -0.1) is 0 Å². The largest absolute Gasteiger partial charge is 0.480 e. The summed E-state index contributed by atoms with van der Waals surface area (Å²) in [5.41, 5.74) is 2.70. The molecular formula is C16H19NO4. The highest BCUT2D eigenvalue weighted by molar-refractivity contribution is 5.97. The predicted octanol–water partition coefficient (Wildman–Crippen LogP) is 2.19. The van der Waals surface area contributed by atoms with Crippen molar-refractivity contribution in [2.24, 2.45) is 0 Å². The molecule has 0 spiro atoms. The smallest absolute Gasteiger partial charge is 0.326 e. The number of hydrogen-bond donors (Lipinski definition) is 1. The molecule has 21 heavy (non-hydrogen) atoms. The van der Waals surface area contributed by atoms with Crippen molar-refractivity contribution in [2.45, 2.75) is 44.9 Å². The van der Waals surface area contributed by atoms with Gasteiger partial charge in [0.25, 0.3) is 5.91 Å². The molecule has 0 saturated carbocycles. The second-order valence-corrected chi connectivity index (χ2v) is 5.68. The van der Waals surface area contributed by atoms with E-state index in [4.69, 9.17) is 4.74 Å². The molecule has 2 heterocycles. The summed E-state index contributed by atoms with van der Waals surface area (Å²) >= 11 is 0. The van der Waals surface area contributed by atoms with E-state index < -0.39 is 12.0 Å². The number of aliphatic carboxylic acids is 1. The number of fused-ring (bicyclic) bond motifs is 1. The maximum Gasteiger partial charge on any atom is 0.326 e. The fourth-order valence-corrected chi connectivity index (χ4v) is 3.08. The zero-order chi connectivity index (χ0) is 14.8. The number of ether oxygens (including phenoxy) is 1. The molecule has 112 valence electrons. The zero-order valence-electron chi connectivity index (χ0n) is 11.9. The van der Waals surface area contributed by atoms with Gasteiger partial charge in [0.1, 0.15) is 6.04 Å². The van der Waals surface area contributed by atoms with Crippen LogP contribution in [0, 0.1) is 0 Å². The van der Waals surface area contributed by atoms with Gasteiger partial charge in [0, 0.05) is 12.1 Å². The van der Waals surface area contributed by atoms with Crippen LogP contribution in [0.5, 0.6) is 0 Å². The third-order valence-corrected chi connectivity index (χ3v) is 4.27. The van der Waals surface area contributed by atoms with E-state index in [-0.39, 0.29) is 5.91 Å². The topological polar surface area (TPSA) is 66.8 Å². The predicted molar refractivity (Wildman–Crippen MR) is 75.9 cm³/mol. The molecule has 0 radical (unpaired) electrons. The number of benzene rings is 1. The number of carbonyl (C=O) groups is 2. The summed E-state index contributed by atoms with van der Waals surface area (Å²) in [5, 5.41) is 9.37. The number of hydrogen-bond acceptors (Lipinski definition) is 3. The second-order valence-electron chi connectivity index (χ2n) is 5.68. The molecule has 1 saturated heterocycles. The summed E-state index contributed by atoms with van der Waals surface area (Å²) in [6.07, 6.45) is 3.24. The summed E-state index contributed by atoms with van der Waals surface area (Å²) in [5.74, 6) is -1.09. The summed E-state index contributed by atoms with van der Waals surface area (Å²) in [7, 11) is 0. The van der Waals surface area contributed by atoms with Crippen molar-refractivity contribution in [3.8, 4) is 0 Å². The Morgan fingerprint density at radius 1 is 1.14 bits per heavy atom. The number of nitrogens with zero attached hydrogens (tertiary/aromatic N) is 1. The number of carboxylic acid groups (broad SMARTS) is 1. The van der Waals surface area contributed by atoms with Crippen LogP contribution in [0.4, 0.5) is 0 Å². The number of carboxylic acids is 1. The normalized spacial score (nSPS) is 21.7. The summed E-state index contributed by atoms with van der Waals surface area (Å²) < 4.78 is 5.36. The van der Waals surface area contributed by atoms with Crippen molar-refractivity contribution >= 4 is 11.9 Å². The zero-order valence-corrected chi connectivity index (χ0v) is 11.9. The van der Waals surface area contributed by atoms with Crippen LogP contribution in [0.3, 0.4) is 0 Å². The molecule has 5 heteroatoms. The number of carbonyl (C=O) groups excluding carboxylic acids is 1. The van der Waals surface area contributed by atoms with Crippen molar-refractivity contribution in [3.05, 3.63) is 34.9 Å². The third kappa shape index (κ3) is 2.78. The maximum absolute atomic E-state index is 12.7. The lowest BCUT2D eigenvalue weighted by molar-refractivity contribution is -0.142. The fraction of sp³-hybridized carbons (Fsp3) is 0.500. The molecule has 1 aromatic carbocycles. The minimum absolute atomic E-state index is 0.181. The van der Waals surface area contributed by atoms with Crippen molar-refractivity contribution in [1.82, 2.24) is 4.90 Å². The Labute approximate surface area is 123 Å². The lowest BCUT2D eigenvalue weighted by atomic mass is 10.0. The first kappa shape index (κ1) is 14.1. The van der Waals surface area contributed by atoms with Crippen LogP contribution in [0.1, 0.15) is 47.2 Å². The van der Waals surface area contributed by atoms with Crippen LogP contribution in [-0.2, 0) is 22.7 Å². The van der Waals surface area contributed by atoms with E-state index in [0.29, 0.717) is 31.7 Å². The number of amides is 1. The Bertz CT molecular complexity index is 569. The summed E-state index contributed by atoms with van der Waals surface area (Å²) in [6.45, 7) is 1.63. The van der Waals surface area contributed by atoms with E-state index in [0.717, 1.165) is 30.4 Å². The highest BCUT2D eigenvalue weighted by Gasteiger charge is 2.31. The maximum atomic E-state index is 12.7. The van der Waals surface area contributed by atoms with Crippen LogP contribution in [0.2, 0.25) is 0 Å². The Hall–Kier alpha value is -1.88. The summed E-state index contributed by atoms with van der Waals surface area (Å²) in [4.78, 5) is 25.6. The molecule has 1 unspecified atom stereocenters. The lowest BCUT2D eigenvalue weighted by Crippen LogP contribution is -2.44. The van der Waals surface area contributed by atoms with Crippen LogP contribution in [0.25, 0.3) is 0 Å². The molecule has 0 aliphatic carbocycles. The molecule has 5 nitrogen and oxygen atoms in total. The van der Waals surface area contributed by atoms with Crippen LogP contribution in [-0.4, -0.2) is 34.5 Å². The monoisotopic (exact) mass is 289 g/mol. The first-order valence-corrected chi connectivity index (χ1v) is 7.40. The van der Waals surface area contributed by atoms with Crippen LogP contribution in [0.15, 0.2) is 18.2 Å². The fourth-order valence-electron chi connectivity index (χ4n) is 3.08. The van der Waals surface area contributed by atoms with Gasteiger partial charge in [0.2, 0.25) is 0 Å². The standard InChI is InChI=1S/C16H19NO4/c18-15(11-5-6-12-9-21-10-13(12)8-11)17-7-3-1-2-4-14(17)16(19)20/h5-6,8,14H,1-4,7,9-10H2,(H,19,20). The van der Waals surface area contributed by atoms with E-state index in [1.807, 2.05) is 12.1 Å². The van der Waals surface area contributed by atoms with Crippen LogP contribution >= 0.6 is 0 Å². The first-order chi connectivity index (χ1) is 10.2. The molecule has 2 aliphatic rings. The van der Waals surface area contributed by atoms with E-state index in [2.05, 4.69) is 0 Å². The molecule has 1 amide bonds. The van der Waals surface area contributed by atoms with Gasteiger partial charge < -0.3 is 14.7 Å². The van der Waals surface area contributed by atoms with Gasteiger partial charge in [-0.3, -0.25) is 4.79 Å². The minimum Gasteiger partial charge on any atom is -0.480 e. The van der Waals surface area contributed by atoms with Crippen molar-refractivity contribution in [3.63, 3.8) is 0 Å². The first-order valence-electron chi connectivity index (χ1n) is 7.40. The van der Waals surface area contributed by atoms with Crippen molar-refractivity contribution < 1.29 is 19.4 Å². The second kappa shape index (κ2) is 5.85. The number of rotatable bonds is 2. The molecule has 1 fully saturated rings. The van der Waals surface area contributed by atoms with E-state index in [1.165, 1.54) is 4.90 Å². The minimum atomic E-state index is -0.908. The molecule has 2 aliphatic heterocycles. The van der Waals surface area contributed by atoms with Gasteiger partial charge in [0.05, 0.1) is 13.2 Å². The molecule has 1 aromatic rings. The van der Waals surface area contributed by atoms with Crippen molar-refractivity contribution in [2.75, 3.05) is 6.54 Å². The van der Waals surface area contributed by atoms with Gasteiger partial charge >= 0.3 is 5.97 Å². The molecule has 0 bridgehead atoms. The highest BCUT2D eigenvalue weighted by Crippen LogP contribution is 2.24. The van der Waals surface area contributed by atoms with Crippen molar-refractivity contribution in [1.29, 1.82) is 0 Å². The highest BCUT2D eigenvalue weighted by atomic mass is 16.5. The van der Waals surface area contributed by atoms with E-state index >= 15 is 0 Å². The Kier molecular flexibility index (Phi) is 3.92. The van der Waals surface area contributed by atoms with E-state index in [9.17, 15) is 14.7 Å². The average molecular weight is 289 g/mol. The Balaban J connectivity index is 1.86. The Morgan fingerprint density at radius 2 is 1.95 bits per heavy atom. The van der Waals surface area contributed by atoms with Gasteiger partial charge in [-0.05, 0) is 36.1 Å². The van der Waals surface area contributed by atoms with Gasteiger partial charge in [-0.2, -0.15) is 0 Å². The molecule has 1 atom stereocenters. The third-order valence-electron chi connectivity index (χ3n) is 4.27. The lowest BCUT2D eigenvalue weighted by Gasteiger charge is -2.27. The SMILES string of the molecule is O=C(O)C1CCCCCN1C(=O)c1ccc2c(c1)COC2. The Morgan fingerprint density at radius 3 is 2.76 bits per heavy atom. The van der Waals surface area contributed by atoms with E-state index in [1.54, 1.807) is 6.07 Å². The van der Waals surface area contributed by atoms with Gasteiger partial charge in [-0.25, -0.2) is 4.79 Å². The summed E-state index contributed by atoms with van der Waals surface area (Å²) in [6, 6.07) is 4.82.